The zero-order chi connectivity index (χ0) is 14.7. The third-order valence-corrected chi connectivity index (χ3v) is 3.62. The fraction of sp³-hybridized carbons (Fsp3) is 0.200. The maximum Gasteiger partial charge on any atom is 0.272 e. The van der Waals surface area contributed by atoms with E-state index in [1.807, 2.05) is 12.1 Å². The first-order chi connectivity index (χ1) is 9.54. The Morgan fingerprint density at radius 2 is 2.10 bits per heavy atom. The summed E-state index contributed by atoms with van der Waals surface area (Å²) < 4.78 is 2.36. The van der Waals surface area contributed by atoms with Gasteiger partial charge >= 0.3 is 0 Å². The second kappa shape index (κ2) is 6.15. The first-order valence-corrected chi connectivity index (χ1v) is 6.93. The molecule has 0 aliphatic carbocycles. The van der Waals surface area contributed by atoms with Crippen molar-refractivity contribution in [3.05, 3.63) is 74.9 Å². The molecule has 0 bridgehead atoms. The third-order valence-electron chi connectivity index (χ3n) is 3.10. The molecule has 1 aromatic heterocycles. The summed E-state index contributed by atoms with van der Waals surface area (Å²) in [6.45, 7) is 3.60. The van der Waals surface area contributed by atoms with Gasteiger partial charge in [0.15, 0.2) is 0 Å². The zero-order valence-electron chi connectivity index (χ0n) is 11.1. The number of aliphatic hydroxyl groups excluding tert-OH is 1. The molecule has 2 aromatic rings. The summed E-state index contributed by atoms with van der Waals surface area (Å²) in [4.78, 5) is 16.2. The molecule has 1 heterocycles. The van der Waals surface area contributed by atoms with Crippen molar-refractivity contribution in [2.24, 2.45) is 7.05 Å². The van der Waals surface area contributed by atoms with Crippen LogP contribution in [0, 0.1) is 0 Å². The molecule has 0 spiro atoms. The number of hydrogen-bond donors (Lipinski definition) is 1. The van der Waals surface area contributed by atoms with Gasteiger partial charge in [-0.2, -0.15) is 0 Å². The SMILES string of the molecule is C=CCc1ncc(C(O)c2ccc(Br)cc2)n(C)c1=O. The van der Waals surface area contributed by atoms with Crippen LogP contribution < -0.4 is 5.56 Å². The van der Waals surface area contributed by atoms with E-state index in [0.717, 1.165) is 4.47 Å². The Morgan fingerprint density at radius 3 is 2.70 bits per heavy atom. The second-order valence-corrected chi connectivity index (χ2v) is 5.36. The highest BCUT2D eigenvalue weighted by molar-refractivity contribution is 9.10. The Kier molecular flexibility index (Phi) is 4.52. The number of benzene rings is 1. The summed E-state index contributed by atoms with van der Waals surface area (Å²) in [6.07, 6.45) is 2.70. The van der Waals surface area contributed by atoms with E-state index < -0.39 is 6.10 Å². The molecule has 1 atom stereocenters. The van der Waals surface area contributed by atoms with Crippen LogP contribution in [0.1, 0.15) is 23.1 Å². The molecule has 5 heteroatoms. The Bertz CT molecular complexity index is 677. The van der Waals surface area contributed by atoms with Crippen LogP contribution in [-0.4, -0.2) is 14.7 Å². The lowest BCUT2D eigenvalue weighted by Crippen LogP contribution is -2.27. The number of aromatic nitrogens is 2. The molecule has 0 saturated heterocycles. The molecule has 1 unspecified atom stereocenters. The molecule has 104 valence electrons. The van der Waals surface area contributed by atoms with Gasteiger partial charge in [-0.1, -0.05) is 34.1 Å². The number of allylic oxidation sites excluding steroid dienone is 1. The largest absolute Gasteiger partial charge is 0.382 e. The number of rotatable bonds is 4. The maximum atomic E-state index is 12.1. The van der Waals surface area contributed by atoms with Gasteiger partial charge in [0.1, 0.15) is 11.8 Å². The van der Waals surface area contributed by atoms with E-state index in [2.05, 4.69) is 27.5 Å². The van der Waals surface area contributed by atoms with E-state index in [0.29, 0.717) is 23.4 Å². The van der Waals surface area contributed by atoms with Gasteiger partial charge < -0.3 is 9.67 Å². The van der Waals surface area contributed by atoms with Gasteiger partial charge in [0, 0.05) is 24.1 Å². The lowest BCUT2D eigenvalue weighted by atomic mass is 10.1. The topological polar surface area (TPSA) is 55.1 Å². The van der Waals surface area contributed by atoms with Gasteiger partial charge in [0.25, 0.3) is 5.56 Å². The molecule has 4 nitrogen and oxygen atoms in total. The first kappa shape index (κ1) is 14.7. The molecule has 1 aromatic carbocycles. The molecule has 0 amide bonds. The van der Waals surface area contributed by atoms with Crippen molar-refractivity contribution in [2.75, 3.05) is 0 Å². The van der Waals surface area contributed by atoms with Gasteiger partial charge in [-0.15, -0.1) is 6.58 Å². The van der Waals surface area contributed by atoms with Crippen LogP contribution in [0.2, 0.25) is 0 Å². The van der Waals surface area contributed by atoms with E-state index in [1.165, 1.54) is 10.8 Å². The van der Waals surface area contributed by atoms with Gasteiger partial charge in [-0.05, 0) is 17.7 Å². The minimum Gasteiger partial charge on any atom is -0.382 e. The Labute approximate surface area is 125 Å². The summed E-state index contributed by atoms with van der Waals surface area (Å²) >= 11 is 3.35. The predicted octanol–water partition coefficient (Wildman–Crippen LogP) is 2.35. The van der Waals surface area contributed by atoms with Crippen LogP contribution in [-0.2, 0) is 13.5 Å². The quantitative estimate of drug-likeness (QED) is 0.873. The van der Waals surface area contributed by atoms with Crippen molar-refractivity contribution < 1.29 is 5.11 Å². The zero-order valence-corrected chi connectivity index (χ0v) is 12.7. The summed E-state index contributed by atoms with van der Waals surface area (Å²) in [7, 11) is 1.63. The van der Waals surface area contributed by atoms with E-state index >= 15 is 0 Å². The molecule has 1 N–H and O–H groups in total. The third kappa shape index (κ3) is 2.89. The smallest absolute Gasteiger partial charge is 0.272 e. The fourth-order valence-electron chi connectivity index (χ4n) is 1.94. The van der Waals surface area contributed by atoms with Crippen molar-refractivity contribution in [3.63, 3.8) is 0 Å². The minimum absolute atomic E-state index is 0.210. The normalized spacial score (nSPS) is 12.2. The van der Waals surface area contributed by atoms with Crippen LogP contribution in [0.3, 0.4) is 0 Å². The average molecular weight is 335 g/mol. The van der Waals surface area contributed by atoms with E-state index in [1.54, 1.807) is 25.3 Å². The molecule has 0 aliphatic heterocycles. The summed E-state index contributed by atoms with van der Waals surface area (Å²) in [6, 6.07) is 7.29. The molecule has 0 fully saturated rings. The van der Waals surface area contributed by atoms with Crippen LogP contribution in [0.25, 0.3) is 0 Å². The van der Waals surface area contributed by atoms with E-state index in [-0.39, 0.29) is 5.56 Å². The van der Waals surface area contributed by atoms with Crippen molar-refractivity contribution in [3.8, 4) is 0 Å². The highest BCUT2D eigenvalue weighted by atomic mass is 79.9. The summed E-state index contributed by atoms with van der Waals surface area (Å²) in [5.41, 5.74) is 1.39. The Morgan fingerprint density at radius 1 is 1.45 bits per heavy atom. The highest BCUT2D eigenvalue weighted by Gasteiger charge is 2.16. The van der Waals surface area contributed by atoms with E-state index in [4.69, 9.17) is 0 Å². The second-order valence-electron chi connectivity index (χ2n) is 4.44. The summed E-state index contributed by atoms with van der Waals surface area (Å²) in [5, 5.41) is 10.4. The van der Waals surface area contributed by atoms with Crippen LogP contribution >= 0.6 is 15.9 Å². The average Bonchev–Trinajstić information content (AvgIpc) is 2.44. The summed E-state index contributed by atoms with van der Waals surface area (Å²) in [5.74, 6) is 0. The first-order valence-electron chi connectivity index (χ1n) is 6.13. The van der Waals surface area contributed by atoms with Gasteiger partial charge in [0.05, 0.1) is 5.69 Å². The van der Waals surface area contributed by atoms with Crippen molar-refractivity contribution in [1.82, 2.24) is 9.55 Å². The minimum atomic E-state index is -0.883. The van der Waals surface area contributed by atoms with E-state index in [9.17, 15) is 9.90 Å². The predicted molar refractivity (Wildman–Crippen MR) is 81.6 cm³/mol. The molecule has 0 saturated carbocycles. The van der Waals surface area contributed by atoms with Crippen molar-refractivity contribution >= 4 is 15.9 Å². The number of halogens is 1. The Balaban J connectivity index is 2.42. The Hall–Kier alpha value is -1.72. The molecule has 20 heavy (non-hydrogen) atoms. The van der Waals surface area contributed by atoms with Crippen LogP contribution in [0.4, 0.5) is 0 Å². The van der Waals surface area contributed by atoms with Crippen LogP contribution in [0.15, 0.2) is 52.4 Å². The molecule has 2 rings (SSSR count). The monoisotopic (exact) mass is 334 g/mol. The standard InChI is InChI=1S/C15H15BrN2O2/c1-3-4-12-15(20)18(2)13(9-17-12)14(19)10-5-7-11(16)8-6-10/h3,5-9,14,19H,1,4H2,2H3. The van der Waals surface area contributed by atoms with Crippen molar-refractivity contribution in [1.29, 1.82) is 0 Å². The number of nitrogens with zero attached hydrogens (tertiary/aromatic N) is 2. The maximum absolute atomic E-state index is 12.1. The highest BCUT2D eigenvalue weighted by Crippen LogP contribution is 2.22. The van der Waals surface area contributed by atoms with Gasteiger partial charge in [-0.25, -0.2) is 0 Å². The molecular formula is C15H15BrN2O2. The van der Waals surface area contributed by atoms with Gasteiger partial charge in [-0.3, -0.25) is 9.78 Å². The van der Waals surface area contributed by atoms with Crippen LogP contribution in [0.5, 0.6) is 0 Å². The number of aliphatic hydroxyl groups is 1. The lowest BCUT2D eigenvalue weighted by molar-refractivity contribution is 0.209. The van der Waals surface area contributed by atoms with Gasteiger partial charge in [0.2, 0.25) is 0 Å². The molecule has 0 aliphatic rings. The molecular weight excluding hydrogens is 320 g/mol. The number of hydrogen-bond acceptors (Lipinski definition) is 3. The molecule has 0 radical (unpaired) electrons. The fourth-order valence-corrected chi connectivity index (χ4v) is 2.21. The van der Waals surface area contributed by atoms with Crippen molar-refractivity contribution in [2.45, 2.75) is 12.5 Å². The lowest BCUT2D eigenvalue weighted by Gasteiger charge is -2.15.